The van der Waals surface area contributed by atoms with Crippen molar-refractivity contribution in [2.24, 2.45) is 0 Å². The van der Waals surface area contributed by atoms with Crippen molar-refractivity contribution >= 4 is 5.91 Å². The Morgan fingerprint density at radius 2 is 1.96 bits per heavy atom. The molecule has 1 aliphatic heterocycles. The zero-order valence-electron chi connectivity index (χ0n) is 15.4. The fourth-order valence-electron chi connectivity index (χ4n) is 3.89. The normalized spacial score (nSPS) is 19.0. The number of amides is 1. The van der Waals surface area contributed by atoms with Gasteiger partial charge in [-0.1, -0.05) is 30.3 Å². The quantitative estimate of drug-likeness (QED) is 0.925. The maximum Gasteiger partial charge on any atom is 0.256 e. The van der Waals surface area contributed by atoms with Crippen molar-refractivity contribution < 1.29 is 9.90 Å². The van der Waals surface area contributed by atoms with Gasteiger partial charge in [0.25, 0.3) is 5.91 Å². The van der Waals surface area contributed by atoms with Gasteiger partial charge >= 0.3 is 0 Å². The average molecular weight is 340 g/mol. The van der Waals surface area contributed by atoms with E-state index in [4.69, 9.17) is 0 Å². The van der Waals surface area contributed by atoms with Crippen LogP contribution in [0.1, 0.15) is 53.5 Å². The molecule has 1 N–H and O–H groups in total. The summed E-state index contributed by atoms with van der Waals surface area (Å²) in [7, 11) is 0. The van der Waals surface area contributed by atoms with Crippen LogP contribution in [0.3, 0.4) is 0 Å². The van der Waals surface area contributed by atoms with Gasteiger partial charge in [0.05, 0.1) is 17.7 Å². The van der Waals surface area contributed by atoms with Crippen molar-refractivity contribution in [1.29, 1.82) is 0 Å². The van der Waals surface area contributed by atoms with Crippen molar-refractivity contribution in [3.63, 3.8) is 0 Å². The second-order valence-electron chi connectivity index (χ2n) is 7.16. The maximum atomic E-state index is 13.2. The largest absolute Gasteiger partial charge is 0.391 e. The number of likely N-dealkylation sites (tertiary alicyclic amines) is 1. The second-order valence-corrected chi connectivity index (χ2v) is 7.16. The van der Waals surface area contributed by atoms with Crippen LogP contribution in [-0.4, -0.2) is 39.2 Å². The van der Waals surface area contributed by atoms with Crippen LogP contribution in [0.2, 0.25) is 0 Å². The number of aromatic nitrogens is 1. The van der Waals surface area contributed by atoms with Crippen LogP contribution in [0.15, 0.2) is 36.4 Å². The molecule has 0 saturated carbocycles. The number of carbonyl (C=O) groups is 1. The summed E-state index contributed by atoms with van der Waals surface area (Å²) in [6.45, 7) is 7.36. The van der Waals surface area contributed by atoms with Crippen LogP contribution in [0.4, 0.5) is 0 Å². The summed E-state index contributed by atoms with van der Waals surface area (Å²) >= 11 is 0. The van der Waals surface area contributed by atoms with Crippen LogP contribution in [-0.2, 0) is 6.54 Å². The first-order chi connectivity index (χ1) is 12.0. The monoisotopic (exact) mass is 340 g/mol. The predicted molar refractivity (Wildman–Crippen MR) is 99.8 cm³/mol. The lowest BCUT2D eigenvalue weighted by Crippen LogP contribution is -2.49. The third-order valence-corrected chi connectivity index (χ3v) is 5.35. The van der Waals surface area contributed by atoms with E-state index in [1.54, 1.807) is 6.92 Å². The van der Waals surface area contributed by atoms with Gasteiger partial charge in [0, 0.05) is 24.5 Å². The molecule has 0 radical (unpaired) electrons. The molecule has 0 spiro atoms. The smallest absolute Gasteiger partial charge is 0.256 e. The molecule has 1 amide bonds. The molecule has 3 rings (SSSR count). The van der Waals surface area contributed by atoms with Gasteiger partial charge in [0.15, 0.2) is 0 Å². The molecule has 134 valence electrons. The Bertz CT molecular complexity index is 734. The first-order valence-electron chi connectivity index (χ1n) is 9.18. The molecule has 0 aliphatic carbocycles. The molecule has 4 heteroatoms. The summed E-state index contributed by atoms with van der Waals surface area (Å²) in [6, 6.07) is 12.2. The topological polar surface area (TPSA) is 45.5 Å². The van der Waals surface area contributed by atoms with Gasteiger partial charge in [-0.3, -0.25) is 4.79 Å². The number of aryl methyl sites for hydroxylation is 1. The molecule has 2 heterocycles. The Hall–Kier alpha value is -2.07. The molecule has 0 bridgehead atoms. The summed E-state index contributed by atoms with van der Waals surface area (Å²) in [5.41, 5.74) is 4.08. The molecular formula is C21H28N2O2. The van der Waals surface area contributed by atoms with Gasteiger partial charge in [-0.25, -0.2) is 0 Å². The van der Waals surface area contributed by atoms with Crippen LogP contribution in [0.5, 0.6) is 0 Å². The van der Waals surface area contributed by atoms with Gasteiger partial charge < -0.3 is 14.6 Å². The number of benzene rings is 1. The number of carbonyl (C=O) groups excluding carboxylic acids is 1. The standard InChI is InChI=1S/C21H28N2O2/c1-15-13-19(16(2)23(15)14-18-9-5-4-6-10-18)21(25)22-12-8-7-11-20(22)17(3)24/h4-6,9-10,13,17,20,24H,7-8,11-12,14H2,1-3H3. The Balaban J connectivity index is 1.87. The van der Waals surface area contributed by atoms with Crippen LogP contribution in [0, 0.1) is 13.8 Å². The van der Waals surface area contributed by atoms with Crippen LogP contribution < -0.4 is 0 Å². The molecule has 2 aromatic rings. The second kappa shape index (κ2) is 7.44. The zero-order chi connectivity index (χ0) is 18.0. The number of nitrogens with zero attached hydrogens (tertiary/aromatic N) is 2. The number of aliphatic hydroxyl groups is 1. The van der Waals surface area contributed by atoms with E-state index < -0.39 is 6.10 Å². The SMILES string of the molecule is Cc1cc(C(=O)N2CCCCC2C(C)O)c(C)n1Cc1ccccc1. The van der Waals surface area contributed by atoms with E-state index in [0.29, 0.717) is 0 Å². The van der Waals surface area contributed by atoms with Crippen LogP contribution >= 0.6 is 0 Å². The molecular weight excluding hydrogens is 312 g/mol. The maximum absolute atomic E-state index is 13.2. The summed E-state index contributed by atoms with van der Waals surface area (Å²) < 4.78 is 2.20. The number of piperidine rings is 1. The van der Waals surface area contributed by atoms with E-state index in [1.807, 2.05) is 36.1 Å². The molecule has 25 heavy (non-hydrogen) atoms. The summed E-state index contributed by atoms with van der Waals surface area (Å²) in [4.78, 5) is 15.0. The van der Waals surface area contributed by atoms with Gasteiger partial charge in [0.1, 0.15) is 0 Å². The lowest BCUT2D eigenvalue weighted by molar-refractivity contribution is 0.0280. The lowest BCUT2D eigenvalue weighted by atomic mass is 9.97. The van der Waals surface area contributed by atoms with Gasteiger partial charge in [-0.15, -0.1) is 0 Å². The highest BCUT2D eigenvalue weighted by atomic mass is 16.3. The number of hydrogen-bond donors (Lipinski definition) is 1. The molecule has 2 unspecified atom stereocenters. The highest BCUT2D eigenvalue weighted by Gasteiger charge is 2.32. The third kappa shape index (κ3) is 3.64. The van der Waals surface area contributed by atoms with Gasteiger partial charge in [-0.05, 0) is 51.7 Å². The number of hydrogen-bond acceptors (Lipinski definition) is 2. The van der Waals surface area contributed by atoms with Gasteiger partial charge in [-0.2, -0.15) is 0 Å². The molecule has 1 aromatic carbocycles. The average Bonchev–Trinajstić information content (AvgIpc) is 2.90. The van der Waals surface area contributed by atoms with E-state index in [-0.39, 0.29) is 11.9 Å². The van der Waals surface area contributed by atoms with Crippen molar-refractivity contribution in [2.75, 3.05) is 6.54 Å². The highest BCUT2D eigenvalue weighted by Crippen LogP contribution is 2.25. The number of aliphatic hydroxyl groups excluding tert-OH is 1. The first-order valence-corrected chi connectivity index (χ1v) is 9.18. The zero-order valence-corrected chi connectivity index (χ0v) is 15.4. The molecule has 1 aromatic heterocycles. The Labute approximate surface area is 150 Å². The summed E-state index contributed by atoms with van der Waals surface area (Å²) in [5, 5.41) is 10.1. The van der Waals surface area contributed by atoms with Crippen molar-refractivity contribution in [3.05, 3.63) is 58.9 Å². The van der Waals surface area contributed by atoms with Crippen molar-refractivity contribution in [2.45, 2.75) is 58.7 Å². The predicted octanol–water partition coefficient (Wildman–Crippen LogP) is 3.53. The fourth-order valence-corrected chi connectivity index (χ4v) is 3.89. The van der Waals surface area contributed by atoms with Gasteiger partial charge in [0.2, 0.25) is 0 Å². The summed E-state index contributed by atoms with van der Waals surface area (Å²) in [5.74, 6) is 0.0537. The van der Waals surface area contributed by atoms with Crippen LogP contribution in [0.25, 0.3) is 0 Å². The lowest BCUT2D eigenvalue weighted by Gasteiger charge is -2.37. The molecule has 1 fully saturated rings. The van der Waals surface area contributed by atoms with Crippen molar-refractivity contribution in [3.8, 4) is 0 Å². The third-order valence-electron chi connectivity index (χ3n) is 5.35. The van der Waals surface area contributed by atoms with E-state index >= 15 is 0 Å². The highest BCUT2D eigenvalue weighted by molar-refractivity contribution is 5.96. The molecule has 1 saturated heterocycles. The minimum absolute atomic E-state index is 0.0537. The Kier molecular flexibility index (Phi) is 5.28. The van der Waals surface area contributed by atoms with E-state index in [9.17, 15) is 9.90 Å². The van der Waals surface area contributed by atoms with Crippen molar-refractivity contribution in [1.82, 2.24) is 9.47 Å². The minimum atomic E-state index is -0.489. The first kappa shape index (κ1) is 17.7. The Morgan fingerprint density at radius 1 is 1.24 bits per heavy atom. The number of rotatable bonds is 4. The minimum Gasteiger partial charge on any atom is -0.391 e. The Morgan fingerprint density at radius 3 is 2.64 bits per heavy atom. The van der Waals surface area contributed by atoms with E-state index in [0.717, 1.165) is 49.3 Å². The molecule has 4 nitrogen and oxygen atoms in total. The van der Waals surface area contributed by atoms with E-state index in [1.165, 1.54) is 5.56 Å². The van der Waals surface area contributed by atoms with E-state index in [2.05, 4.69) is 23.6 Å². The summed E-state index contributed by atoms with van der Waals surface area (Å²) in [6.07, 6.45) is 2.48. The fraction of sp³-hybridized carbons (Fsp3) is 0.476. The molecule has 1 aliphatic rings. The molecule has 2 atom stereocenters.